The summed E-state index contributed by atoms with van der Waals surface area (Å²) < 4.78 is 5.38. The van der Waals surface area contributed by atoms with Gasteiger partial charge in [0.15, 0.2) is 0 Å². The Hall–Kier alpha value is -1.57. The number of methoxy groups -OCH3 is 1. The molecule has 0 aliphatic rings. The number of aromatic nitrogens is 1. The maximum atomic E-state index is 5.38. The maximum Gasteiger partial charge on any atom is 0.130 e. The normalized spacial score (nSPS) is 10.9. The number of hydrogen-bond donors (Lipinski definition) is 0. The maximum absolute atomic E-state index is 5.38. The number of ether oxygens (including phenoxy) is 1. The topological polar surface area (TPSA) is 22.1 Å². The summed E-state index contributed by atoms with van der Waals surface area (Å²) in [5, 5.41) is 1.14. The third kappa shape index (κ3) is 1.67. The van der Waals surface area contributed by atoms with Crippen molar-refractivity contribution >= 4 is 10.9 Å². The number of rotatable bonds is 2. The Morgan fingerprint density at radius 3 is 2.67 bits per heavy atom. The second-order valence-corrected chi connectivity index (χ2v) is 3.91. The molecule has 1 aromatic carbocycles. The van der Waals surface area contributed by atoms with Gasteiger partial charge in [-0.25, -0.2) is 0 Å². The molecule has 2 nitrogen and oxygen atoms in total. The van der Waals surface area contributed by atoms with Crippen molar-refractivity contribution < 1.29 is 4.74 Å². The molecule has 2 aromatic rings. The standard InChI is InChI=1S/C13H15NO/c1-9(2)10-5-4-6-11-13(10)12(15-3)7-8-14-11/h4-9H,1-3H3. The zero-order valence-corrected chi connectivity index (χ0v) is 9.32. The molecule has 0 aliphatic carbocycles. The highest BCUT2D eigenvalue weighted by Gasteiger charge is 2.09. The Balaban J connectivity index is 2.81. The fraction of sp³-hybridized carbons (Fsp3) is 0.308. The lowest BCUT2D eigenvalue weighted by atomic mass is 9.98. The molecule has 0 atom stereocenters. The molecule has 0 radical (unpaired) electrons. The van der Waals surface area contributed by atoms with Gasteiger partial charge < -0.3 is 4.74 Å². The van der Waals surface area contributed by atoms with E-state index in [1.165, 1.54) is 5.56 Å². The highest BCUT2D eigenvalue weighted by atomic mass is 16.5. The third-order valence-electron chi connectivity index (χ3n) is 2.60. The van der Waals surface area contributed by atoms with Gasteiger partial charge in [-0.15, -0.1) is 0 Å². The van der Waals surface area contributed by atoms with Crippen LogP contribution >= 0.6 is 0 Å². The zero-order chi connectivity index (χ0) is 10.8. The first-order chi connectivity index (χ1) is 7.24. The van der Waals surface area contributed by atoms with Crippen molar-refractivity contribution in [1.82, 2.24) is 4.98 Å². The molecule has 0 bridgehead atoms. The number of fused-ring (bicyclic) bond motifs is 1. The van der Waals surface area contributed by atoms with E-state index >= 15 is 0 Å². The van der Waals surface area contributed by atoms with Crippen LogP contribution < -0.4 is 4.74 Å². The lowest BCUT2D eigenvalue weighted by molar-refractivity contribution is 0.419. The Kier molecular flexibility index (Phi) is 2.58. The van der Waals surface area contributed by atoms with Crippen LogP contribution in [0.1, 0.15) is 25.3 Å². The SMILES string of the molecule is COc1ccnc2cccc(C(C)C)c12. The molecule has 2 rings (SSSR count). The van der Waals surface area contributed by atoms with E-state index in [4.69, 9.17) is 4.74 Å². The number of nitrogens with zero attached hydrogens (tertiary/aromatic N) is 1. The van der Waals surface area contributed by atoms with Crippen LogP contribution in [0, 0.1) is 0 Å². The van der Waals surface area contributed by atoms with E-state index in [1.807, 2.05) is 18.2 Å². The van der Waals surface area contributed by atoms with Gasteiger partial charge in [-0.2, -0.15) is 0 Å². The van der Waals surface area contributed by atoms with E-state index in [0.29, 0.717) is 5.92 Å². The molecule has 0 fully saturated rings. The van der Waals surface area contributed by atoms with Gasteiger partial charge in [-0.3, -0.25) is 4.98 Å². The lowest BCUT2D eigenvalue weighted by Crippen LogP contribution is -1.94. The van der Waals surface area contributed by atoms with Gasteiger partial charge in [-0.1, -0.05) is 26.0 Å². The molecular weight excluding hydrogens is 186 g/mol. The monoisotopic (exact) mass is 201 g/mol. The van der Waals surface area contributed by atoms with Crippen molar-refractivity contribution in [2.45, 2.75) is 19.8 Å². The van der Waals surface area contributed by atoms with Gasteiger partial charge in [0.05, 0.1) is 12.6 Å². The molecule has 0 spiro atoms. The summed E-state index contributed by atoms with van der Waals surface area (Å²) in [4.78, 5) is 4.35. The number of benzene rings is 1. The largest absolute Gasteiger partial charge is 0.496 e. The minimum Gasteiger partial charge on any atom is -0.496 e. The second-order valence-electron chi connectivity index (χ2n) is 3.91. The van der Waals surface area contributed by atoms with Crippen molar-refractivity contribution in [2.75, 3.05) is 7.11 Å². The molecule has 0 unspecified atom stereocenters. The predicted octanol–water partition coefficient (Wildman–Crippen LogP) is 3.37. The number of hydrogen-bond acceptors (Lipinski definition) is 2. The van der Waals surface area contributed by atoms with Crippen LogP contribution in [0.3, 0.4) is 0 Å². The molecule has 1 aromatic heterocycles. The van der Waals surface area contributed by atoms with Crippen LogP contribution in [0.2, 0.25) is 0 Å². The van der Waals surface area contributed by atoms with E-state index in [2.05, 4.69) is 24.9 Å². The van der Waals surface area contributed by atoms with Crippen molar-refractivity contribution in [2.24, 2.45) is 0 Å². The highest BCUT2D eigenvalue weighted by Crippen LogP contribution is 2.31. The Labute approximate surface area is 89.9 Å². The summed E-state index contributed by atoms with van der Waals surface area (Å²) in [5.41, 5.74) is 2.29. The first-order valence-electron chi connectivity index (χ1n) is 5.15. The van der Waals surface area contributed by atoms with Gasteiger partial charge >= 0.3 is 0 Å². The average molecular weight is 201 g/mol. The van der Waals surface area contributed by atoms with E-state index < -0.39 is 0 Å². The van der Waals surface area contributed by atoms with Crippen LogP contribution in [0.25, 0.3) is 10.9 Å². The second kappa shape index (κ2) is 3.89. The first-order valence-corrected chi connectivity index (χ1v) is 5.15. The van der Waals surface area contributed by atoms with Crippen LogP contribution in [-0.2, 0) is 0 Å². The minimum absolute atomic E-state index is 0.479. The Morgan fingerprint density at radius 2 is 2.00 bits per heavy atom. The van der Waals surface area contributed by atoms with Gasteiger partial charge in [-0.05, 0) is 23.6 Å². The molecule has 1 heterocycles. The summed E-state index contributed by atoms with van der Waals surface area (Å²) >= 11 is 0. The van der Waals surface area contributed by atoms with Crippen LogP contribution in [0.4, 0.5) is 0 Å². The van der Waals surface area contributed by atoms with Crippen LogP contribution in [0.15, 0.2) is 30.5 Å². The molecule has 0 N–H and O–H groups in total. The Bertz CT molecular complexity index is 472. The molecule has 0 amide bonds. The van der Waals surface area contributed by atoms with Crippen LogP contribution in [-0.4, -0.2) is 12.1 Å². The first kappa shape index (κ1) is 9.97. The van der Waals surface area contributed by atoms with E-state index in [9.17, 15) is 0 Å². The summed E-state index contributed by atoms with van der Waals surface area (Å²) in [6, 6.07) is 8.11. The fourth-order valence-electron chi connectivity index (χ4n) is 1.85. The van der Waals surface area contributed by atoms with Crippen LogP contribution in [0.5, 0.6) is 5.75 Å². The van der Waals surface area contributed by atoms with E-state index in [-0.39, 0.29) is 0 Å². The quantitative estimate of drug-likeness (QED) is 0.743. The molecule has 2 heteroatoms. The smallest absolute Gasteiger partial charge is 0.130 e. The summed E-state index contributed by atoms with van der Waals surface area (Å²) in [6.07, 6.45) is 1.78. The van der Waals surface area contributed by atoms with E-state index in [0.717, 1.165) is 16.7 Å². The number of pyridine rings is 1. The lowest BCUT2D eigenvalue weighted by Gasteiger charge is -2.12. The van der Waals surface area contributed by atoms with Crippen molar-refractivity contribution in [3.05, 3.63) is 36.0 Å². The zero-order valence-electron chi connectivity index (χ0n) is 9.32. The van der Waals surface area contributed by atoms with Gasteiger partial charge in [0, 0.05) is 11.6 Å². The average Bonchev–Trinajstić information content (AvgIpc) is 2.27. The van der Waals surface area contributed by atoms with Gasteiger partial charge in [0.2, 0.25) is 0 Å². The van der Waals surface area contributed by atoms with E-state index in [1.54, 1.807) is 13.3 Å². The molecular formula is C13H15NO. The fourth-order valence-corrected chi connectivity index (χ4v) is 1.85. The van der Waals surface area contributed by atoms with Crippen molar-refractivity contribution in [3.8, 4) is 5.75 Å². The molecule has 0 aliphatic heterocycles. The minimum atomic E-state index is 0.479. The third-order valence-corrected chi connectivity index (χ3v) is 2.60. The molecule has 0 saturated carbocycles. The molecule has 0 saturated heterocycles. The molecule has 15 heavy (non-hydrogen) atoms. The van der Waals surface area contributed by atoms with Crippen molar-refractivity contribution in [1.29, 1.82) is 0 Å². The Morgan fingerprint density at radius 1 is 1.20 bits per heavy atom. The van der Waals surface area contributed by atoms with Crippen molar-refractivity contribution in [3.63, 3.8) is 0 Å². The summed E-state index contributed by atoms with van der Waals surface area (Å²) in [6.45, 7) is 4.36. The highest BCUT2D eigenvalue weighted by molar-refractivity contribution is 5.88. The molecule has 78 valence electrons. The summed E-state index contributed by atoms with van der Waals surface area (Å²) in [7, 11) is 1.70. The predicted molar refractivity (Wildman–Crippen MR) is 62.4 cm³/mol. The summed E-state index contributed by atoms with van der Waals surface area (Å²) in [5.74, 6) is 1.39. The van der Waals surface area contributed by atoms with Gasteiger partial charge in [0.1, 0.15) is 5.75 Å². The van der Waals surface area contributed by atoms with Gasteiger partial charge in [0.25, 0.3) is 0 Å².